The number of benzene rings is 1. The normalized spacial score (nSPS) is 12.5. The van der Waals surface area contributed by atoms with Gasteiger partial charge in [0.15, 0.2) is 0 Å². The number of hydrogen-bond donors (Lipinski definition) is 1. The summed E-state index contributed by atoms with van der Waals surface area (Å²) in [5.41, 5.74) is 0.868. The minimum atomic E-state index is -0.800. The Hall–Kier alpha value is -2.57. The molecule has 0 saturated carbocycles. The van der Waals surface area contributed by atoms with E-state index in [1.807, 2.05) is 51.1 Å². The summed E-state index contributed by atoms with van der Waals surface area (Å²) in [7, 11) is 0. The van der Waals surface area contributed by atoms with Crippen molar-refractivity contribution < 1.29 is 28.6 Å². The number of rotatable bonds is 27. The summed E-state index contributed by atoms with van der Waals surface area (Å²) in [5.74, 6) is -0.673. The number of nitrogens with one attached hydrogen (secondary N) is 1. The summed E-state index contributed by atoms with van der Waals surface area (Å²) in [5, 5.41) is 2.63. The average Bonchev–Trinajstić information content (AvgIpc) is 3.02. The van der Waals surface area contributed by atoms with Crippen molar-refractivity contribution in [2.24, 2.45) is 11.8 Å². The Kier molecular flexibility index (Phi) is 24.0. The van der Waals surface area contributed by atoms with Crippen LogP contribution in [0.1, 0.15) is 149 Å². The highest BCUT2D eigenvalue weighted by Gasteiger charge is 2.26. The van der Waals surface area contributed by atoms with Crippen LogP contribution in [0.15, 0.2) is 30.3 Å². The third-order valence-electron chi connectivity index (χ3n) is 8.22. The Bertz CT molecular complexity index is 859. The summed E-state index contributed by atoms with van der Waals surface area (Å²) < 4.78 is 16.2. The standard InChI is InChI=1S/C37H63NO6/c1-5-7-8-9-10-11-12-13-14-15-16-17-18-19-23-26-34(39)43-29-32(6-2)27-28-42-36(40)35(31(3)4)38-37(41)44-30-33-24-21-20-22-25-33/h20-22,24-25,31-32,35H,5-19,23,26-30H2,1-4H3,(H,38,41)/t32-,35-/m0/s1. The van der Waals surface area contributed by atoms with E-state index in [4.69, 9.17) is 14.2 Å². The summed E-state index contributed by atoms with van der Waals surface area (Å²) in [6.07, 6.45) is 20.7. The maximum Gasteiger partial charge on any atom is 0.408 e. The van der Waals surface area contributed by atoms with Crippen LogP contribution in [-0.2, 0) is 30.4 Å². The molecule has 0 aromatic heterocycles. The monoisotopic (exact) mass is 617 g/mol. The van der Waals surface area contributed by atoms with Crippen molar-refractivity contribution in [3.05, 3.63) is 35.9 Å². The van der Waals surface area contributed by atoms with E-state index in [0.29, 0.717) is 19.4 Å². The highest BCUT2D eigenvalue weighted by atomic mass is 16.6. The molecule has 0 aliphatic rings. The second-order valence-electron chi connectivity index (χ2n) is 12.5. The maximum absolute atomic E-state index is 12.7. The van der Waals surface area contributed by atoms with Crippen LogP contribution in [0.3, 0.4) is 0 Å². The average molecular weight is 618 g/mol. The van der Waals surface area contributed by atoms with Crippen LogP contribution in [0.5, 0.6) is 0 Å². The van der Waals surface area contributed by atoms with Gasteiger partial charge < -0.3 is 19.5 Å². The molecule has 1 N–H and O–H groups in total. The maximum atomic E-state index is 12.7. The Morgan fingerprint density at radius 1 is 0.705 bits per heavy atom. The zero-order valence-corrected chi connectivity index (χ0v) is 28.4. The van der Waals surface area contributed by atoms with Crippen LogP contribution < -0.4 is 5.32 Å². The lowest BCUT2D eigenvalue weighted by Gasteiger charge is -2.21. The fourth-order valence-corrected chi connectivity index (χ4v) is 5.13. The first-order valence-electron chi connectivity index (χ1n) is 17.7. The van der Waals surface area contributed by atoms with Crippen molar-refractivity contribution in [1.29, 1.82) is 0 Å². The Balaban J connectivity index is 2.09. The molecular formula is C37H63NO6. The zero-order valence-electron chi connectivity index (χ0n) is 28.4. The molecule has 0 bridgehead atoms. The van der Waals surface area contributed by atoms with Crippen molar-refractivity contribution in [2.75, 3.05) is 13.2 Å². The number of unbranched alkanes of at least 4 members (excludes halogenated alkanes) is 14. The van der Waals surface area contributed by atoms with Crippen LogP contribution in [0, 0.1) is 11.8 Å². The predicted molar refractivity (Wildman–Crippen MR) is 178 cm³/mol. The van der Waals surface area contributed by atoms with Gasteiger partial charge in [-0.15, -0.1) is 0 Å². The molecule has 0 fully saturated rings. The molecule has 1 amide bonds. The fourth-order valence-electron chi connectivity index (χ4n) is 5.13. The van der Waals surface area contributed by atoms with Gasteiger partial charge in [0.05, 0.1) is 13.2 Å². The van der Waals surface area contributed by atoms with Gasteiger partial charge in [-0.2, -0.15) is 0 Å². The van der Waals surface area contributed by atoms with Gasteiger partial charge in [0, 0.05) is 6.42 Å². The summed E-state index contributed by atoms with van der Waals surface area (Å²) in [6, 6.07) is 8.57. The van der Waals surface area contributed by atoms with Crippen LogP contribution in [0.25, 0.3) is 0 Å². The number of alkyl carbamates (subject to hydrolysis) is 1. The molecule has 1 rings (SSSR count). The van der Waals surface area contributed by atoms with Gasteiger partial charge in [0.2, 0.25) is 0 Å². The molecule has 0 spiro atoms. The summed E-state index contributed by atoms with van der Waals surface area (Å²) in [6.45, 7) is 8.66. The van der Waals surface area contributed by atoms with E-state index >= 15 is 0 Å². The Labute approximate surface area is 268 Å². The van der Waals surface area contributed by atoms with E-state index in [9.17, 15) is 14.4 Å². The number of carbonyl (C=O) groups is 3. The lowest BCUT2D eigenvalue weighted by atomic mass is 10.0. The van der Waals surface area contributed by atoms with Crippen LogP contribution in [0.2, 0.25) is 0 Å². The smallest absolute Gasteiger partial charge is 0.408 e. The van der Waals surface area contributed by atoms with E-state index < -0.39 is 18.1 Å². The molecule has 1 aromatic carbocycles. The highest BCUT2D eigenvalue weighted by Crippen LogP contribution is 2.15. The topological polar surface area (TPSA) is 90.9 Å². The predicted octanol–water partition coefficient (Wildman–Crippen LogP) is 9.70. The van der Waals surface area contributed by atoms with E-state index in [1.165, 1.54) is 83.5 Å². The molecule has 0 saturated heterocycles. The van der Waals surface area contributed by atoms with Crippen LogP contribution in [-0.4, -0.2) is 37.3 Å². The number of amides is 1. The highest BCUT2D eigenvalue weighted by molar-refractivity contribution is 5.81. The minimum Gasteiger partial charge on any atom is -0.465 e. The molecule has 0 unspecified atom stereocenters. The van der Waals surface area contributed by atoms with Crippen molar-refractivity contribution in [3.63, 3.8) is 0 Å². The molecule has 0 aliphatic heterocycles. The first-order valence-corrected chi connectivity index (χ1v) is 17.7. The fraction of sp³-hybridized carbons (Fsp3) is 0.757. The van der Waals surface area contributed by atoms with Crippen LogP contribution >= 0.6 is 0 Å². The largest absolute Gasteiger partial charge is 0.465 e. The second-order valence-corrected chi connectivity index (χ2v) is 12.5. The quantitative estimate of drug-likeness (QED) is 0.0600. The third-order valence-corrected chi connectivity index (χ3v) is 8.22. The molecule has 0 radical (unpaired) electrons. The molecule has 44 heavy (non-hydrogen) atoms. The number of hydrogen-bond acceptors (Lipinski definition) is 6. The van der Waals surface area contributed by atoms with Crippen molar-refractivity contribution in [3.8, 4) is 0 Å². The lowest BCUT2D eigenvalue weighted by Crippen LogP contribution is -2.45. The van der Waals surface area contributed by atoms with Gasteiger partial charge >= 0.3 is 18.0 Å². The van der Waals surface area contributed by atoms with Gasteiger partial charge in [-0.1, -0.05) is 148 Å². The minimum absolute atomic E-state index is 0.120. The Morgan fingerprint density at radius 3 is 1.77 bits per heavy atom. The zero-order chi connectivity index (χ0) is 32.3. The first-order chi connectivity index (χ1) is 21.4. The molecule has 1 aromatic rings. The molecule has 2 atom stereocenters. The van der Waals surface area contributed by atoms with Gasteiger partial charge in [-0.25, -0.2) is 9.59 Å². The van der Waals surface area contributed by atoms with Crippen LogP contribution in [0.4, 0.5) is 4.79 Å². The third kappa shape index (κ3) is 21.2. The second kappa shape index (κ2) is 26.8. The molecule has 7 heteroatoms. The summed E-state index contributed by atoms with van der Waals surface area (Å²) in [4.78, 5) is 37.1. The molecule has 0 heterocycles. The van der Waals surface area contributed by atoms with E-state index in [0.717, 1.165) is 24.8 Å². The molecular weight excluding hydrogens is 554 g/mol. The number of carbonyl (C=O) groups excluding carboxylic acids is 3. The van der Waals surface area contributed by atoms with Gasteiger partial charge in [-0.05, 0) is 36.7 Å². The number of ether oxygens (including phenoxy) is 3. The van der Waals surface area contributed by atoms with E-state index in [-0.39, 0.29) is 31.0 Å². The lowest BCUT2D eigenvalue weighted by molar-refractivity contribution is -0.149. The Morgan fingerprint density at radius 2 is 1.25 bits per heavy atom. The van der Waals surface area contributed by atoms with Crippen molar-refractivity contribution in [2.45, 2.75) is 156 Å². The van der Waals surface area contributed by atoms with Gasteiger partial charge in [0.25, 0.3) is 0 Å². The van der Waals surface area contributed by atoms with Crippen molar-refractivity contribution in [1.82, 2.24) is 5.32 Å². The number of esters is 2. The molecule has 0 aliphatic carbocycles. The van der Waals surface area contributed by atoms with Crippen molar-refractivity contribution >= 4 is 18.0 Å². The van der Waals surface area contributed by atoms with Gasteiger partial charge in [0.1, 0.15) is 12.6 Å². The first kappa shape index (κ1) is 39.5. The molecule has 252 valence electrons. The van der Waals surface area contributed by atoms with Gasteiger partial charge in [-0.3, -0.25) is 4.79 Å². The summed E-state index contributed by atoms with van der Waals surface area (Å²) >= 11 is 0. The van der Waals surface area contributed by atoms with E-state index in [1.54, 1.807) is 0 Å². The molecule has 7 nitrogen and oxygen atoms in total. The SMILES string of the molecule is CCCCCCCCCCCCCCCCCC(=O)OC[C@@H](CC)CCOC(=O)[C@@H](NC(=O)OCc1ccccc1)C(C)C. The van der Waals surface area contributed by atoms with E-state index in [2.05, 4.69) is 12.2 Å².